The number of nitrogens with zero attached hydrogens (tertiary/aromatic N) is 1. The fourth-order valence-electron chi connectivity index (χ4n) is 3.15. The van der Waals surface area contributed by atoms with Crippen LogP contribution in [0.4, 0.5) is 5.69 Å². The molecular weight excluding hydrogens is 535 g/mol. The maximum Gasteiger partial charge on any atom is 0.291 e. The third-order valence-electron chi connectivity index (χ3n) is 5.10. The number of anilines is 1. The van der Waals surface area contributed by atoms with Gasteiger partial charge in [0.15, 0.2) is 11.7 Å². The van der Waals surface area contributed by atoms with Gasteiger partial charge >= 0.3 is 0 Å². The molecule has 1 heterocycles. The second-order valence-corrected chi connectivity index (χ2v) is 9.05. The Bertz CT molecular complexity index is 1020. The summed E-state index contributed by atoms with van der Waals surface area (Å²) in [5.74, 6) is 0.817. The molecule has 0 saturated heterocycles. The van der Waals surface area contributed by atoms with Crippen molar-refractivity contribution in [3.05, 3.63) is 84.3 Å². The Balaban J connectivity index is 0.00000289. The molecule has 8 heteroatoms. The fraction of sp³-hybridized carbons (Fsp3) is 0.250. The number of carbonyl (C=O) groups excluding carboxylic acids is 1. The Morgan fingerprint density at radius 1 is 1.03 bits per heavy atom. The lowest BCUT2D eigenvalue weighted by molar-refractivity contribution is 0.0996. The van der Waals surface area contributed by atoms with Crippen molar-refractivity contribution < 1.29 is 9.21 Å². The number of thioether (sulfide) groups is 1. The molecule has 4 rings (SSSR count). The van der Waals surface area contributed by atoms with Crippen LogP contribution in [0.3, 0.4) is 0 Å². The molecule has 0 bridgehead atoms. The maximum atomic E-state index is 12.0. The van der Waals surface area contributed by atoms with Crippen LogP contribution < -0.4 is 16.0 Å². The van der Waals surface area contributed by atoms with Gasteiger partial charge in [-0.3, -0.25) is 9.79 Å². The van der Waals surface area contributed by atoms with Crippen LogP contribution in [0.25, 0.3) is 0 Å². The summed E-state index contributed by atoms with van der Waals surface area (Å²) < 4.78 is 5.37. The first-order valence-electron chi connectivity index (χ1n) is 10.3. The Kier molecular flexibility index (Phi) is 8.63. The molecule has 1 fully saturated rings. The number of hydrogen-bond donors (Lipinski definition) is 3. The standard InChI is InChI=1S/C24H26N4O2S.HI/c1-25-23(27-17-24(13-14-24)31-20-6-3-2-4-7-20)26-16-18-9-11-19(12-10-18)28-22(29)21-8-5-15-30-21;/h2-12,15H,13-14,16-17H2,1H3,(H,28,29)(H2,25,26,27);1H. The van der Waals surface area contributed by atoms with Crippen LogP contribution >= 0.6 is 35.7 Å². The van der Waals surface area contributed by atoms with E-state index in [9.17, 15) is 4.79 Å². The van der Waals surface area contributed by atoms with E-state index in [0.717, 1.165) is 23.8 Å². The molecule has 1 amide bonds. The second kappa shape index (κ2) is 11.4. The van der Waals surface area contributed by atoms with Crippen LogP contribution in [-0.2, 0) is 6.54 Å². The van der Waals surface area contributed by atoms with Crippen molar-refractivity contribution >= 4 is 53.3 Å². The molecule has 0 spiro atoms. The molecule has 2 aromatic carbocycles. The quantitative estimate of drug-likeness (QED) is 0.201. The number of nitrogens with one attached hydrogen (secondary N) is 3. The zero-order chi connectivity index (χ0) is 21.5. The number of aliphatic imine (C=N–C) groups is 1. The minimum Gasteiger partial charge on any atom is -0.459 e. The lowest BCUT2D eigenvalue weighted by atomic mass is 10.2. The Labute approximate surface area is 209 Å². The Morgan fingerprint density at radius 3 is 2.41 bits per heavy atom. The van der Waals surface area contributed by atoms with Crippen molar-refractivity contribution in [2.24, 2.45) is 4.99 Å². The summed E-state index contributed by atoms with van der Waals surface area (Å²) in [5.41, 5.74) is 1.82. The largest absolute Gasteiger partial charge is 0.459 e. The van der Waals surface area contributed by atoms with Crippen LogP contribution in [0.2, 0.25) is 0 Å². The van der Waals surface area contributed by atoms with Crippen LogP contribution in [0.5, 0.6) is 0 Å². The van der Waals surface area contributed by atoms with Gasteiger partial charge in [-0.15, -0.1) is 35.7 Å². The Hall–Kier alpha value is -2.46. The van der Waals surface area contributed by atoms with Gasteiger partial charge < -0.3 is 20.4 Å². The van der Waals surface area contributed by atoms with Crippen LogP contribution in [0, 0.1) is 0 Å². The maximum absolute atomic E-state index is 12.0. The molecule has 0 atom stereocenters. The minimum atomic E-state index is -0.261. The zero-order valence-corrected chi connectivity index (χ0v) is 21.0. The minimum absolute atomic E-state index is 0. The van der Waals surface area contributed by atoms with Crippen molar-refractivity contribution in [2.45, 2.75) is 29.0 Å². The number of carbonyl (C=O) groups is 1. The monoisotopic (exact) mass is 562 g/mol. The number of amides is 1. The number of guanidine groups is 1. The normalized spacial score (nSPS) is 14.2. The lowest BCUT2D eigenvalue weighted by Gasteiger charge is -2.18. The van der Waals surface area contributed by atoms with E-state index in [1.165, 1.54) is 24.0 Å². The zero-order valence-electron chi connectivity index (χ0n) is 17.8. The third kappa shape index (κ3) is 6.77. The number of furan rings is 1. The van der Waals surface area contributed by atoms with E-state index < -0.39 is 0 Å². The molecule has 1 aliphatic rings. The Morgan fingerprint density at radius 2 is 1.78 bits per heavy atom. The fourth-order valence-corrected chi connectivity index (χ4v) is 4.39. The molecule has 1 aliphatic carbocycles. The van der Waals surface area contributed by atoms with E-state index in [1.54, 1.807) is 19.2 Å². The topological polar surface area (TPSA) is 78.7 Å². The number of halogens is 1. The molecule has 0 aliphatic heterocycles. The average Bonchev–Trinajstić information content (AvgIpc) is 3.33. The molecule has 1 saturated carbocycles. The summed E-state index contributed by atoms with van der Waals surface area (Å²) in [6.45, 7) is 1.52. The smallest absolute Gasteiger partial charge is 0.291 e. The summed E-state index contributed by atoms with van der Waals surface area (Å²) in [6.07, 6.45) is 3.90. The first-order valence-corrected chi connectivity index (χ1v) is 11.1. The van der Waals surface area contributed by atoms with Crippen LogP contribution in [-0.4, -0.2) is 30.2 Å². The summed E-state index contributed by atoms with van der Waals surface area (Å²) >= 11 is 1.94. The van der Waals surface area contributed by atoms with Gasteiger partial charge in [0.1, 0.15) is 0 Å². The predicted octanol–water partition coefficient (Wildman–Crippen LogP) is 5.14. The van der Waals surface area contributed by atoms with Crippen molar-refractivity contribution in [1.29, 1.82) is 0 Å². The molecule has 3 N–H and O–H groups in total. The highest BCUT2D eigenvalue weighted by atomic mass is 127. The first kappa shape index (κ1) is 24.2. The summed E-state index contributed by atoms with van der Waals surface area (Å²) in [5, 5.41) is 9.65. The van der Waals surface area contributed by atoms with E-state index in [4.69, 9.17) is 4.42 Å². The number of rotatable bonds is 8. The van der Waals surface area contributed by atoms with E-state index in [2.05, 4.69) is 45.2 Å². The van der Waals surface area contributed by atoms with Crippen molar-refractivity contribution in [1.82, 2.24) is 10.6 Å². The van der Waals surface area contributed by atoms with Crippen molar-refractivity contribution in [2.75, 3.05) is 18.9 Å². The molecule has 168 valence electrons. The third-order valence-corrected chi connectivity index (χ3v) is 6.60. The average molecular weight is 562 g/mol. The predicted molar refractivity (Wildman–Crippen MR) is 141 cm³/mol. The van der Waals surface area contributed by atoms with Crippen LogP contribution in [0.15, 0.2) is 87.3 Å². The highest BCUT2D eigenvalue weighted by Crippen LogP contribution is 2.51. The van der Waals surface area contributed by atoms with Crippen molar-refractivity contribution in [3.8, 4) is 0 Å². The van der Waals surface area contributed by atoms with Gasteiger partial charge in [0.05, 0.1) is 6.26 Å². The van der Waals surface area contributed by atoms with E-state index in [0.29, 0.717) is 12.3 Å². The highest BCUT2D eigenvalue weighted by molar-refractivity contribution is 14.0. The van der Waals surface area contributed by atoms with E-state index >= 15 is 0 Å². The van der Waals surface area contributed by atoms with Gasteiger partial charge in [0, 0.05) is 35.5 Å². The number of benzene rings is 2. The summed E-state index contributed by atoms with van der Waals surface area (Å²) in [4.78, 5) is 17.7. The molecule has 1 aromatic heterocycles. The second-order valence-electron chi connectivity index (χ2n) is 7.51. The molecule has 0 radical (unpaired) electrons. The molecule has 0 unspecified atom stereocenters. The summed E-state index contributed by atoms with van der Waals surface area (Å²) in [7, 11) is 1.78. The van der Waals surface area contributed by atoms with Crippen molar-refractivity contribution in [3.63, 3.8) is 0 Å². The van der Waals surface area contributed by atoms with Gasteiger partial charge in [-0.1, -0.05) is 30.3 Å². The highest BCUT2D eigenvalue weighted by Gasteiger charge is 2.43. The lowest BCUT2D eigenvalue weighted by Crippen LogP contribution is -2.40. The van der Waals surface area contributed by atoms with Crippen LogP contribution in [0.1, 0.15) is 29.0 Å². The van der Waals surface area contributed by atoms with Gasteiger partial charge in [-0.05, 0) is 54.8 Å². The SMILES string of the molecule is CN=C(NCc1ccc(NC(=O)c2ccco2)cc1)NCC1(Sc2ccccc2)CC1.I. The first-order chi connectivity index (χ1) is 15.2. The summed E-state index contributed by atoms with van der Waals surface area (Å²) in [6, 6.07) is 21.6. The van der Waals surface area contributed by atoms with Gasteiger partial charge in [0.2, 0.25) is 0 Å². The van der Waals surface area contributed by atoms with Gasteiger partial charge in [-0.2, -0.15) is 0 Å². The van der Waals surface area contributed by atoms with Gasteiger partial charge in [0.25, 0.3) is 5.91 Å². The number of hydrogen-bond acceptors (Lipinski definition) is 4. The molecule has 6 nitrogen and oxygen atoms in total. The van der Waals surface area contributed by atoms with Gasteiger partial charge in [-0.25, -0.2) is 0 Å². The van der Waals surface area contributed by atoms with E-state index in [-0.39, 0.29) is 34.6 Å². The molecular formula is C24H27IN4O2S. The molecule has 3 aromatic rings. The molecule has 32 heavy (non-hydrogen) atoms. The van der Waals surface area contributed by atoms with E-state index in [1.807, 2.05) is 42.1 Å².